The van der Waals surface area contributed by atoms with E-state index in [2.05, 4.69) is 52.7 Å². The molecule has 1 N–H and O–H groups in total. The molecule has 1 aliphatic rings. The molecule has 0 radical (unpaired) electrons. The van der Waals surface area contributed by atoms with Crippen molar-refractivity contribution in [1.29, 1.82) is 0 Å². The van der Waals surface area contributed by atoms with Crippen LogP contribution in [0.1, 0.15) is 17.5 Å². The predicted octanol–water partition coefficient (Wildman–Crippen LogP) is 3.20. The maximum Gasteiger partial charge on any atom is 0.142 e. The van der Waals surface area contributed by atoms with Gasteiger partial charge in [-0.2, -0.15) is 0 Å². The molecule has 2 aromatic carbocycles. The number of fused-ring (bicyclic) bond motifs is 1. The second-order valence-electron chi connectivity index (χ2n) is 5.44. The van der Waals surface area contributed by atoms with Crippen molar-refractivity contribution in [3.05, 3.63) is 59.7 Å². The number of benzene rings is 2. The molecule has 2 aromatic rings. The summed E-state index contributed by atoms with van der Waals surface area (Å²) in [6, 6.07) is 17.1. The minimum Gasteiger partial charge on any atom is -0.491 e. The van der Waals surface area contributed by atoms with Gasteiger partial charge in [-0.05, 0) is 36.7 Å². The zero-order valence-corrected chi connectivity index (χ0v) is 12.5. The summed E-state index contributed by atoms with van der Waals surface area (Å²) in [5, 5.41) is 3.21. The first-order chi connectivity index (χ1) is 10.4. The van der Waals surface area contributed by atoms with Gasteiger partial charge in [0, 0.05) is 19.6 Å². The van der Waals surface area contributed by atoms with E-state index in [1.807, 2.05) is 13.1 Å². The Kier molecular flexibility index (Phi) is 4.41. The van der Waals surface area contributed by atoms with Crippen molar-refractivity contribution >= 4 is 5.69 Å². The average Bonchev–Trinajstić information content (AvgIpc) is 2.71. The van der Waals surface area contributed by atoms with Crippen LogP contribution < -0.4 is 15.0 Å². The molecule has 0 aliphatic carbocycles. The van der Waals surface area contributed by atoms with Crippen molar-refractivity contribution in [1.82, 2.24) is 5.32 Å². The fourth-order valence-electron chi connectivity index (χ4n) is 2.83. The molecule has 1 aliphatic heterocycles. The van der Waals surface area contributed by atoms with Gasteiger partial charge in [-0.25, -0.2) is 0 Å². The van der Waals surface area contributed by atoms with Gasteiger partial charge < -0.3 is 15.0 Å². The van der Waals surface area contributed by atoms with Gasteiger partial charge in [-0.1, -0.05) is 36.4 Å². The van der Waals surface area contributed by atoms with Crippen molar-refractivity contribution in [2.45, 2.75) is 19.5 Å². The van der Waals surface area contributed by atoms with E-state index in [4.69, 9.17) is 4.74 Å². The molecule has 3 heteroatoms. The van der Waals surface area contributed by atoms with Crippen LogP contribution in [-0.4, -0.2) is 20.2 Å². The molecule has 0 saturated carbocycles. The smallest absolute Gasteiger partial charge is 0.142 e. The summed E-state index contributed by atoms with van der Waals surface area (Å²) in [5.41, 5.74) is 3.88. The lowest BCUT2D eigenvalue weighted by Crippen LogP contribution is -2.23. The van der Waals surface area contributed by atoms with Gasteiger partial charge >= 0.3 is 0 Å². The second-order valence-corrected chi connectivity index (χ2v) is 5.44. The van der Waals surface area contributed by atoms with Crippen LogP contribution >= 0.6 is 0 Å². The van der Waals surface area contributed by atoms with Crippen LogP contribution in [0.5, 0.6) is 5.75 Å². The average molecular weight is 282 g/mol. The van der Waals surface area contributed by atoms with Gasteiger partial charge in [-0.3, -0.25) is 0 Å². The largest absolute Gasteiger partial charge is 0.491 e. The molecule has 0 aromatic heterocycles. The SMILES string of the molecule is CNCc1cccc(CN2CCCOc3ccccc32)c1. The van der Waals surface area contributed by atoms with E-state index in [1.165, 1.54) is 16.8 Å². The lowest BCUT2D eigenvalue weighted by atomic mass is 10.1. The van der Waals surface area contributed by atoms with Crippen LogP contribution in [0.25, 0.3) is 0 Å². The minimum absolute atomic E-state index is 0.799. The third-order valence-electron chi connectivity index (χ3n) is 3.78. The van der Waals surface area contributed by atoms with Gasteiger partial charge in [-0.15, -0.1) is 0 Å². The molecule has 0 bridgehead atoms. The topological polar surface area (TPSA) is 24.5 Å². The van der Waals surface area contributed by atoms with E-state index in [1.54, 1.807) is 0 Å². The first-order valence-electron chi connectivity index (χ1n) is 7.56. The monoisotopic (exact) mass is 282 g/mol. The number of para-hydroxylation sites is 2. The Bertz CT molecular complexity index is 597. The van der Waals surface area contributed by atoms with Crippen LogP contribution in [0, 0.1) is 0 Å². The van der Waals surface area contributed by atoms with E-state index < -0.39 is 0 Å². The highest BCUT2D eigenvalue weighted by molar-refractivity contribution is 5.59. The molecule has 3 nitrogen and oxygen atoms in total. The third-order valence-corrected chi connectivity index (χ3v) is 3.78. The number of hydrogen-bond donors (Lipinski definition) is 1. The Morgan fingerprint density at radius 2 is 1.95 bits per heavy atom. The second kappa shape index (κ2) is 6.64. The fraction of sp³-hybridized carbons (Fsp3) is 0.333. The number of rotatable bonds is 4. The van der Waals surface area contributed by atoms with Crippen molar-refractivity contribution < 1.29 is 4.74 Å². The fourth-order valence-corrected chi connectivity index (χ4v) is 2.83. The summed E-state index contributed by atoms with van der Waals surface area (Å²) >= 11 is 0. The molecular formula is C18H22N2O. The van der Waals surface area contributed by atoms with E-state index in [-0.39, 0.29) is 0 Å². The summed E-state index contributed by atoms with van der Waals surface area (Å²) in [5.74, 6) is 1.00. The van der Waals surface area contributed by atoms with E-state index in [0.29, 0.717) is 0 Å². The highest BCUT2D eigenvalue weighted by atomic mass is 16.5. The Morgan fingerprint density at radius 3 is 2.86 bits per heavy atom. The molecule has 110 valence electrons. The Hall–Kier alpha value is -2.00. The van der Waals surface area contributed by atoms with Crippen molar-refractivity contribution in [3.8, 4) is 5.75 Å². The minimum atomic E-state index is 0.799. The van der Waals surface area contributed by atoms with Crippen LogP contribution in [0.3, 0.4) is 0 Å². The van der Waals surface area contributed by atoms with E-state index in [0.717, 1.165) is 38.4 Å². The lowest BCUT2D eigenvalue weighted by molar-refractivity contribution is 0.322. The lowest BCUT2D eigenvalue weighted by Gasteiger charge is -2.24. The van der Waals surface area contributed by atoms with Crippen LogP contribution in [-0.2, 0) is 13.1 Å². The normalized spacial score (nSPS) is 14.2. The highest BCUT2D eigenvalue weighted by Crippen LogP contribution is 2.31. The molecule has 1 heterocycles. The maximum atomic E-state index is 5.83. The van der Waals surface area contributed by atoms with Gasteiger partial charge in [0.2, 0.25) is 0 Å². The molecule has 0 spiro atoms. The Morgan fingerprint density at radius 1 is 1.10 bits per heavy atom. The predicted molar refractivity (Wildman–Crippen MR) is 86.8 cm³/mol. The van der Waals surface area contributed by atoms with Crippen LogP contribution in [0.15, 0.2) is 48.5 Å². The first-order valence-corrected chi connectivity index (χ1v) is 7.56. The maximum absolute atomic E-state index is 5.83. The number of nitrogens with zero attached hydrogens (tertiary/aromatic N) is 1. The third kappa shape index (κ3) is 3.37. The molecule has 3 rings (SSSR count). The van der Waals surface area contributed by atoms with Crippen molar-refractivity contribution in [2.24, 2.45) is 0 Å². The van der Waals surface area contributed by atoms with Crippen LogP contribution in [0.4, 0.5) is 5.69 Å². The summed E-state index contributed by atoms with van der Waals surface area (Å²) < 4.78 is 5.83. The molecule has 0 fully saturated rings. The zero-order valence-electron chi connectivity index (χ0n) is 12.5. The highest BCUT2D eigenvalue weighted by Gasteiger charge is 2.15. The molecule has 0 saturated heterocycles. The van der Waals surface area contributed by atoms with Crippen molar-refractivity contribution in [3.63, 3.8) is 0 Å². The van der Waals surface area contributed by atoms with Crippen LogP contribution in [0.2, 0.25) is 0 Å². The number of anilines is 1. The molecule has 0 unspecified atom stereocenters. The summed E-state index contributed by atoms with van der Waals surface area (Å²) in [4.78, 5) is 2.42. The Labute approximate surface area is 126 Å². The number of nitrogens with one attached hydrogen (secondary N) is 1. The quantitative estimate of drug-likeness (QED) is 0.932. The van der Waals surface area contributed by atoms with Gasteiger partial charge in [0.1, 0.15) is 5.75 Å². The van der Waals surface area contributed by atoms with Crippen molar-refractivity contribution in [2.75, 3.05) is 25.1 Å². The van der Waals surface area contributed by atoms with Gasteiger partial charge in [0.05, 0.1) is 12.3 Å². The molecule has 0 amide bonds. The summed E-state index contributed by atoms with van der Waals surface area (Å²) in [6.45, 7) is 3.67. The van der Waals surface area contributed by atoms with E-state index in [9.17, 15) is 0 Å². The number of ether oxygens (including phenoxy) is 1. The first kappa shape index (κ1) is 14.0. The van der Waals surface area contributed by atoms with Gasteiger partial charge in [0.25, 0.3) is 0 Å². The molecular weight excluding hydrogens is 260 g/mol. The number of hydrogen-bond acceptors (Lipinski definition) is 3. The summed E-state index contributed by atoms with van der Waals surface area (Å²) in [6.07, 6.45) is 1.06. The summed E-state index contributed by atoms with van der Waals surface area (Å²) in [7, 11) is 1.98. The van der Waals surface area contributed by atoms with E-state index >= 15 is 0 Å². The molecule has 0 atom stereocenters. The Balaban J connectivity index is 1.82. The van der Waals surface area contributed by atoms with Gasteiger partial charge in [0.15, 0.2) is 0 Å². The zero-order chi connectivity index (χ0) is 14.5. The molecule has 21 heavy (non-hydrogen) atoms. The standard InChI is InChI=1S/C18H22N2O/c1-19-13-15-6-4-7-16(12-15)14-20-10-5-11-21-18-9-3-2-8-17(18)20/h2-4,6-9,12,19H,5,10-11,13-14H2,1H3.